The van der Waals surface area contributed by atoms with Crippen LogP contribution in [0.3, 0.4) is 0 Å². The van der Waals surface area contributed by atoms with Crippen LogP contribution in [-0.2, 0) is 0 Å². The van der Waals surface area contributed by atoms with Gasteiger partial charge in [0.15, 0.2) is 0 Å². The highest BCUT2D eigenvalue weighted by atomic mass is 15.2. The molecule has 0 saturated carbocycles. The van der Waals surface area contributed by atoms with E-state index in [1.165, 1.54) is 25.2 Å². The molecular formula is C13H24N4. The molecule has 1 aromatic rings. The van der Waals surface area contributed by atoms with Gasteiger partial charge in [0, 0.05) is 24.8 Å². The Morgan fingerprint density at radius 1 is 1.53 bits per heavy atom. The maximum absolute atomic E-state index is 3.99. The fraction of sp³-hybridized carbons (Fsp3) is 0.769. The van der Waals surface area contributed by atoms with Crippen molar-refractivity contribution in [3.63, 3.8) is 0 Å². The molecule has 1 aliphatic rings. The molecule has 1 saturated heterocycles. The molecule has 17 heavy (non-hydrogen) atoms. The van der Waals surface area contributed by atoms with Crippen LogP contribution in [-0.4, -0.2) is 40.8 Å². The second kappa shape index (κ2) is 5.65. The van der Waals surface area contributed by atoms with E-state index < -0.39 is 0 Å². The first-order chi connectivity index (χ1) is 8.16. The highest BCUT2D eigenvalue weighted by molar-refractivity contribution is 5.03. The van der Waals surface area contributed by atoms with E-state index in [1.54, 1.807) is 0 Å². The molecule has 1 aliphatic heterocycles. The van der Waals surface area contributed by atoms with E-state index in [0.29, 0.717) is 12.1 Å². The summed E-state index contributed by atoms with van der Waals surface area (Å²) in [5.41, 5.74) is 1.17. The Labute approximate surface area is 104 Å². The zero-order chi connectivity index (χ0) is 12.3. The Balaban J connectivity index is 1.73. The van der Waals surface area contributed by atoms with Crippen molar-refractivity contribution in [2.45, 2.75) is 39.3 Å². The molecule has 1 fully saturated rings. The van der Waals surface area contributed by atoms with Crippen LogP contribution >= 0.6 is 0 Å². The van der Waals surface area contributed by atoms with E-state index in [1.807, 2.05) is 12.3 Å². The second-order valence-electron chi connectivity index (χ2n) is 5.39. The van der Waals surface area contributed by atoms with E-state index in [9.17, 15) is 0 Å². The molecule has 0 aromatic carbocycles. The van der Waals surface area contributed by atoms with Gasteiger partial charge in [0.2, 0.25) is 0 Å². The Morgan fingerprint density at radius 3 is 2.94 bits per heavy atom. The highest BCUT2D eigenvalue weighted by Crippen LogP contribution is 2.18. The van der Waals surface area contributed by atoms with Gasteiger partial charge < -0.3 is 10.2 Å². The quantitative estimate of drug-likeness (QED) is 0.819. The minimum absolute atomic E-state index is 0.366. The maximum Gasteiger partial charge on any atom is 0.0518 e. The first kappa shape index (κ1) is 12.6. The smallest absolute Gasteiger partial charge is 0.0518 e. The number of aromatic nitrogens is 2. The van der Waals surface area contributed by atoms with Crippen molar-refractivity contribution in [1.29, 1.82) is 0 Å². The van der Waals surface area contributed by atoms with E-state index in [-0.39, 0.29) is 0 Å². The predicted octanol–water partition coefficient (Wildman–Crippen LogP) is 1.79. The zero-order valence-electron chi connectivity index (χ0n) is 11.1. The normalized spacial score (nSPS) is 23.4. The maximum atomic E-state index is 3.99. The number of likely N-dealkylation sites (tertiary alicyclic amines) is 1. The molecular weight excluding hydrogens is 212 g/mol. The van der Waals surface area contributed by atoms with Crippen LogP contribution in [0, 0.1) is 5.92 Å². The van der Waals surface area contributed by atoms with Gasteiger partial charge in [-0.3, -0.25) is 5.10 Å². The molecule has 2 N–H and O–H groups in total. The minimum atomic E-state index is 0.366. The lowest BCUT2D eigenvalue weighted by Gasteiger charge is -2.21. The first-order valence-corrected chi connectivity index (χ1v) is 6.63. The average Bonchev–Trinajstić information content (AvgIpc) is 2.97. The van der Waals surface area contributed by atoms with E-state index in [2.05, 4.69) is 41.2 Å². The number of rotatable bonds is 5. The molecule has 0 aliphatic carbocycles. The summed E-state index contributed by atoms with van der Waals surface area (Å²) in [4.78, 5) is 2.56. The average molecular weight is 236 g/mol. The van der Waals surface area contributed by atoms with Crippen LogP contribution < -0.4 is 5.32 Å². The van der Waals surface area contributed by atoms with E-state index in [0.717, 1.165) is 12.5 Å². The molecule has 2 unspecified atom stereocenters. The fourth-order valence-electron chi connectivity index (χ4n) is 2.46. The SMILES string of the molecule is CC(NCC1CCN(C(C)C)C1)c1ccn[nH]1. The van der Waals surface area contributed by atoms with Gasteiger partial charge >= 0.3 is 0 Å². The Kier molecular flexibility index (Phi) is 4.18. The van der Waals surface area contributed by atoms with Crippen LogP contribution in [0.25, 0.3) is 0 Å². The van der Waals surface area contributed by atoms with Gasteiger partial charge in [-0.1, -0.05) is 0 Å². The van der Waals surface area contributed by atoms with Crippen LogP contribution in [0.2, 0.25) is 0 Å². The van der Waals surface area contributed by atoms with Crippen molar-refractivity contribution in [2.75, 3.05) is 19.6 Å². The summed E-state index contributed by atoms with van der Waals surface area (Å²) in [6.45, 7) is 10.3. The van der Waals surface area contributed by atoms with Crippen LogP contribution in [0.15, 0.2) is 12.3 Å². The highest BCUT2D eigenvalue weighted by Gasteiger charge is 2.24. The fourth-order valence-corrected chi connectivity index (χ4v) is 2.46. The van der Waals surface area contributed by atoms with Crippen molar-refractivity contribution in [2.24, 2.45) is 5.92 Å². The molecule has 0 amide bonds. The van der Waals surface area contributed by atoms with Crippen molar-refractivity contribution in [3.8, 4) is 0 Å². The number of H-pyrrole nitrogens is 1. The summed E-state index contributed by atoms with van der Waals surface area (Å²) in [5.74, 6) is 0.794. The van der Waals surface area contributed by atoms with Gasteiger partial charge in [-0.25, -0.2) is 0 Å². The molecule has 1 aromatic heterocycles. The lowest BCUT2D eigenvalue weighted by molar-refractivity contribution is 0.263. The minimum Gasteiger partial charge on any atom is -0.309 e. The van der Waals surface area contributed by atoms with E-state index >= 15 is 0 Å². The Bertz CT molecular complexity index is 320. The lowest BCUT2D eigenvalue weighted by Crippen LogP contribution is -2.31. The third kappa shape index (κ3) is 3.30. The second-order valence-corrected chi connectivity index (χ2v) is 5.39. The molecule has 0 spiro atoms. The standard InChI is InChI=1S/C13H24N4/c1-10(2)17-7-5-12(9-17)8-14-11(3)13-4-6-15-16-13/h4,6,10-12,14H,5,7-9H2,1-3H3,(H,15,16). The number of nitrogens with zero attached hydrogens (tertiary/aromatic N) is 2. The Hall–Kier alpha value is -0.870. The molecule has 96 valence electrons. The molecule has 4 nitrogen and oxygen atoms in total. The van der Waals surface area contributed by atoms with Crippen molar-refractivity contribution >= 4 is 0 Å². The van der Waals surface area contributed by atoms with Gasteiger partial charge in [-0.2, -0.15) is 5.10 Å². The van der Waals surface area contributed by atoms with Crippen molar-refractivity contribution < 1.29 is 0 Å². The van der Waals surface area contributed by atoms with Gasteiger partial charge in [0.1, 0.15) is 0 Å². The van der Waals surface area contributed by atoms with Crippen molar-refractivity contribution in [1.82, 2.24) is 20.4 Å². The molecule has 0 radical (unpaired) electrons. The third-order valence-electron chi connectivity index (χ3n) is 3.75. The van der Waals surface area contributed by atoms with Gasteiger partial charge in [0.05, 0.1) is 5.69 Å². The van der Waals surface area contributed by atoms with Crippen LogP contribution in [0.5, 0.6) is 0 Å². The zero-order valence-corrected chi connectivity index (χ0v) is 11.1. The number of nitrogens with one attached hydrogen (secondary N) is 2. The topological polar surface area (TPSA) is 44.0 Å². The van der Waals surface area contributed by atoms with Gasteiger partial charge in [-0.05, 0) is 52.3 Å². The number of aromatic amines is 1. The number of hydrogen-bond acceptors (Lipinski definition) is 3. The van der Waals surface area contributed by atoms with Gasteiger partial charge in [-0.15, -0.1) is 0 Å². The third-order valence-corrected chi connectivity index (χ3v) is 3.75. The summed E-state index contributed by atoms with van der Waals surface area (Å²) < 4.78 is 0. The molecule has 2 atom stereocenters. The molecule has 2 rings (SSSR count). The van der Waals surface area contributed by atoms with Crippen LogP contribution in [0.1, 0.15) is 38.9 Å². The Morgan fingerprint density at radius 2 is 2.35 bits per heavy atom. The molecule has 2 heterocycles. The summed E-state index contributed by atoms with van der Waals surface area (Å²) in [5, 5.41) is 10.6. The summed E-state index contributed by atoms with van der Waals surface area (Å²) >= 11 is 0. The number of hydrogen-bond donors (Lipinski definition) is 2. The van der Waals surface area contributed by atoms with Gasteiger partial charge in [0.25, 0.3) is 0 Å². The molecule has 0 bridgehead atoms. The van der Waals surface area contributed by atoms with Crippen molar-refractivity contribution in [3.05, 3.63) is 18.0 Å². The van der Waals surface area contributed by atoms with E-state index in [4.69, 9.17) is 0 Å². The molecule has 4 heteroatoms. The largest absolute Gasteiger partial charge is 0.309 e. The summed E-state index contributed by atoms with van der Waals surface area (Å²) in [7, 11) is 0. The monoisotopic (exact) mass is 236 g/mol. The predicted molar refractivity (Wildman–Crippen MR) is 69.8 cm³/mol. The summed E-state index contributed by atoms with van der Waals surface area (Å²) in [6, 6.07) is 3.09. The summed E-state index contributed by atoms with van der Waals surface area (Å²) in [6.07, 6.45) is 3.13. The first-order valence-electron chi connectivity index (χ1n) is 6.63. The lowest BCUT2D eigenvalue weighted by atomic mass is 10.1. The van der Waals surface area contributed by atoms with Crippen LogP contribution in [0.4, 0.5) is 0 Å².